The molecule has 0 fully saturated rings. The number of alkyl halides is 3. The van der Waals surface area contributed by atoms with Crippen molar-refractivity contribution in [3.05, 3.63) is 59.7 Å². The highest BCUT2D eigenvalue weighted by atomic mass is 32.3. The molecule has 2 aromatic carbocycles. The third-order valence-electron chi connectivity index (χ3n) is 2.55. The number of hydrogen-bond donors (Lipinski definition) is 0. The summed E-state index contributed by atoms with van der Waals surface area (Å²) in [4.78, 5) is 0. The summed E-state index contributed by atoms with van der Waals surface area (Å²) in [6.07, 6.45) is -4.60. The van der Waals surface area contributed by atoms with Gasteiger partial charge in [0.25, 0.3) is 0 Å². The minimum absolute atomic E-state index is 0.00646. The molecule has 0 saturated heterocycles. The van der Waals surface area contributed by atoms with Gasteiger partial charge >= 0.3 is 16.6 Å². The SMILES string of the molecule is Cc1cccc(OS(=O)(=O)Oc2cccc(C(F)(F)F)c2)c1. The van der Waals surface area contributed by atoms with Crippen molar-refractivity contribution in [3.63, 3.8) is 0 Å². The van der Waals surface area contributed by atoms with Gasteiger partial charge in [-0.3, -0.25) is 0 Å². The van der Waals surface area contributed by atoms with Gasteiger partial charge in [0.1, 0.15) is 11.5 Å². The Morgan fingerprint density at radius 3 is 2.00 bits per heavy atom. The molecule has 0 saturated carbocycles. The topological polar surface area (TPSA) is 52.6 Å². The first-order valence-electron chi connectivity index (χ1n) is 6.03. The zero-order valence-electron chi connectivity index (χ0n) is 11.3. The van der Waals surface area contributed by atoms with E-state index in [1.165, 1.54) is 12.1 Å². The van der Waals surface area contributed by atoms with Crippen LogP contribution >= 0.6 is 0 Å². The molecular weight excluding hydrogens is 321 g/mol. The molecule has 118 valence electrons. The smallest absolute Gasteiger partial charge is 0.353 e. The van der Waals surface area contributed by atoms with Crippen LogP contribution in [0.3, 0.4) is 0 Å². The molecule has 0 N–H and O–H groups in total. The van der Waals surface area contributed by atoms with Gasteiger partial charge in [-0.15, -0.1) is 8.42 Å². The maximum atomic E-state index is 12.6. The molecule has 0 aromatic heterocycles. The Morgan fingerprint density at radius 2 is 1.45 bits per heavy atom. The molecule has 4 nitrogen and oxygen atoms in total. The van der Waals surface area contributed by atoms with Crippen LogP contribution < -0.4 is 8.37 Å². The van der Waals surface area contributed by atoms with E-state index in [9.17, 15) is 21.6 Å². The van der Waals surface area contributed by atoms with E-state index < -0.39 is 27.9 Å². The second-order valence-electron chi connectivity index (χ2n) is 4.42. The lowest BCUT2D eigenvalue weighted by atomic mass is 10.2. The predicted molar refractivity (Wildman–Crippen MR) is 72.8 cm³/mol. The van der Waals surface area contributed by atoms with E-state index in [0.29, 0.717) is 6.07 Å². The minimum atomic E-state index is -4.60. The van der Waals surface area contributed by atoms with Crippen molar-refractivity contribution in [2.75, 3.05) is 0 Å². The lowest BCUT2D eigenvalue weighted by molar-refractivity contribution is -0.137. The first kappa shape index (κ1) is 16.2. The largest absolute Gasteiger partial charge is 0.500 e. The van der Waals surface area contributed by atoms with E-state index >= 15 is 0 Å². The Morgan fingerprint density at radius 1 is 0.909 bits per heavy atom. The monoisotopic (exact) mass is 332 g/mol. The normalized spacial score (nSPS) is 12.0. The van der Waals surface area contributed by atoms with Crippen molar-refractivity contribution >= 4 is 10.4 Å². The number of aryl methyl sites for hydroxylation is 1. The molecule has 0 atom stereocenters. The van der Waals surface area contributed by atoms with Crippen LogP contribution in [-0.2, 0) is 16.6 Å². The maximum absolute atomic E-state index is 12.6. The number of rotatable bonds is 4. The van der Waals surface area contributed by atoms with Crippen molar-refractivity contribution in [2.24, 2.45) is 0 Å². The van der Waals surface area contributed by atoms with Gasteiger partial charge in [-0.1, -0.05) is 18.2 Å². The Bertz CT molecular complexity index is 770. The van der Waals surface area contributed by atoms with Gasteiger partial charge in [-0.25, -0.2) is 0 Å². The summed E-state index contributed by atoms with van der Waals surface area (Å²) >= 11 is 0. The standard InChI is InChI=1S/C14H11F3O4S/c1-10-4-2-6-12(8-10)20-22(18,19)21-13-7-3-5-11(9-13)14(15,16)17/h2-9H,1H3. The highest BCUT2D eigenvalue weighted by molar-refractivity contribution is 7.82. The van der Waals surface area contributed by atoms with Crippen LogP contribution in [0.5, 0.6) is 11.5 Å². The molecule has 22 heavy (non-hydrogen) atoms. The van der Waals surface area contributed by atoms with Crippen LogP contribution in [0, 0.1) is 6.92 Å². The maximum Gasteiger partial charge on any atom is 0.500 e. The van der Waals surface area contributed by atoms with Gasteiger partial charge in [-0.2, -0.15) is 13.2 Å². The molecule has 0 aliphatic heterocycles. The summed E-state index contributed by atoms with van der Waals surface area (Å²) in [5, 5.41) is 0. The van der Waals surface area contributed by atoms with E-state index in [4.69, 9.17) is 0 Å². The van der Waals surface area contributed by atoms with Crippen molar-refractivity contribution in [2.45, 2.75) is 13.1 Å². The first-order chi connectivity index (χ1) is 10.2. The summed E-state index contributed by atoms with van der Waals surface area (Å²) in [5.74, 6) is -0.477. The fourth-order valence-corrected chi connectivity index (χ4v) is 2.36. The lowest BCUT2D eigenvalue weighted by Gasteiger charge is -2.10. The number of halogens is 3. The Hall–Kier alpha value is -2.22. The third kappa shape index (κ3) is 4.39. The molecule has 0 heterocycles. The van der Waals surface area contributed by atoms with Crippen LogP contribution in [0.15, 0.2) is 48.5 Å². The summed E-state index contributed by atoms with van der Waals surface area (Å²) in [6.45, 7) is 1.73. The predicted octanol–water partition coefficient (Wildman–Crippen LogP) is 3.72. The Balaban J connectivity index is 2.19. The second-order valence-corrected chi connectivity index (χ2v) is 5.57. The van der Waals surface area contributed by atoms with Gasteiger partial charge in [0.05, 0.1) is 5.56 Å². The summed E-state index contributed by atoms with van der Waals surface area (Å²) in [7, 11) is -4.53. The molecule has 0 bridgehead atoms. The number of hydrogen-bond acceptors (Lipinski definition) is 4. The van der Waals surface area contributed by atoms with Crippen LogP contribution in [0.2, 0.25) is 0 Å². The van der Waals surface area contributed by atoms with Crippen LogP contribution in [0.25, 0.3) is 0 Å². The summed E-state index contributed by atoms with van der Waals surface area (Å²) < 4.78 is 70.3. The molecule has 8 heteroatoms. The number of benzene rings is 2. The van der Waals surface area contributed by atoms with Crippen molar-refractivity contribution in [3.8, 4) is 11.5 Å². The van der Waals surface area contributed by atoms with Gasteiger partial charge in [-0.05, 0) is 42.8 Å². The van der Waals surface area contributed by atoms with Crippen molar-refractivity contribution in [1.82, 2.24) is 0 Å². The average Bonchev–Trinajstić information content (AvgIpc) is 2.36. The first-order valence-corrected chi connectivity index (χ1v) is 7.37. The van der Waals surface area contributed by atoms with Gasteiger partial charge < -0.3 is 8.37 Å². The Labute approximate surface area is 125 Å². The molecule has 0 radical (unpaired) electrons. The zero-order valence-corrected chi connectivity index (χ0v) is 12.1. The fourth-order valence-electron chi connectivity index (χ4n) is 1.64. The molecule has 0 aliphatic rings. The van der Waals surface area contributed by atoms with Crippen molar-refractivity contribution in [1.29, 1.82) is 0 Å². The quantitative estimate of drug-likeness (QED) is 0.856. The van der Waals surface area contributed by atoms with E-state index in [1.807, 2.05) is 0 Å². The minimum Gasteiger partial charge on any atom is -0.353 e. The molecule has 0 spiro atoms. The van der Waals surface area contributed by atoms with Gasteiger partial charge in [0, 0.05) is 0 Å². The van der Waals surface area contributed by atoms with Gasteiger partial charge in [0.2, 0.25) is 0 Å². The van der Waals surface area contributed by atoms with Gasteiger partial charge in [0.15, 0.2) is 0 Å². The molecule has 2 aromatic rings. The van der Waals surface area contributed by atoms with E-state index in [2.05, 4.69) is 8.37 Å². The summed E-state index contributed by atoms with van der Waals surface area (Å²) in [5.41, 5.74) is -0.262. The molecule has 0 aliphatic carbocycles. The molecule has 0 unspecified atom stereocenters. The summed E-state index contributed by atoms with van der Waals surface area (Å²) in [6, 6.07) is 9.66. The molecule has 0 amide bonds. The average molecular weight is 332 g/mol. The third-order valence-corrected chi connectivity index (χ3v) is 3.34. The highest BCUT2D eigenvalue weighted by Gasteiger charge is 2.31. The van der Waals surface area contributed by atoms with Crippen LogP contribution in [0.4, 0.5) is 13.2 Å². The van der Waals surface area contributed by atoms with Crippen LogP contribution in [-0.4, -0.2) is 8.42 Å². The fraction of sp³-hybridized carbons (Fsp3) is 0.143. The zero-order chi connectivity index (χ0) is 16.4. The van der Waals surface area contributed by atoms with E-state index in [-0.39, 0.29) is 5.75 Å². The molecule has 2 rings (SSSR count). The highest BCUT2D eigenvalue weighted by Crippen LogP contribution is 2.31. The molecular formula is C14H11F3O4S. The van der Waals surface area contributed by atoms with Crippen molar-refractivity contribution < 1.29 is 30.0 Å². The lowest BCUT2D eigenvalue weighted by Crippen LogP contribution is -2.17. The second kappa shape index (κ2) is 5.88. The Kier molecular flexibility index (Phi) is 4.32. The van der Waals surface area contributed by atoms with Crippen LogP contribution in [0.1, 0.15) is 11.1 Å². The van der Waals surface area contributed by atoms with E-state index in [0.717, 1.165) is 23.8 Å². The van der Waals surface area contributed by atoms with E-state index in [1.54, 1.807) is 19.1 Å².